The van der Waals surface area contributed by atoms with Gasteiger partial charge < -0.3 is 24.7 Å². The smallest absolute Gasteiger partial charge is 0.345 e. The minimum absolute atomic E-state index is 0.0743. The van der Waals surface area contributed by atoms with Crippen LogP contribution < -0.4 is 0 Å². The van der Waals surface area contributed by atoms with E-state index in [1.54, 1.807) is 0 Å². The van der Waals surface area contributed by atoms with Crippen molar-refractivity contribution in [2.75, 3.05) is 6.54 Å². The van der Waals surface area contributed by atoms with Crippen molar-refractivity contribution in [1.29, 1.82) is 0 Å². The van der Waals surface area contributed by atoms with Gasteiger partial charge >= 0.3 is 21.2 Å². The predicted molar refractivity (Wildman–Crippen MR) is 89.7 cm³/mol. The molecule has 9 nitrogen and oxygen atoms in total. The molecule has 0 aromatic heterocycles. The topological polar surface area (TPSA) is 156 Å². The highest BCUT2D eigenvalue weighted by molar-refractivity contribution is 7.54. The summed E-state index contributed by atoms with van der Waals surface area (Å²) in [6, 6.07) is 0. The van der Waals surface area contributed by atoms with Crippen LogP contribution in [0.1, 0.15) is 59.8 Å². The van der Waals surface area contributed by atoms with E-state index in [4.69, 9.17) is 5.11 Å². The van der Waals surface area contributed by atoms with Crippen molar-refractivity contribution in [2.24, 2.45) is 0 Å². The van der Waals surface area contributed by atoms with Crippen molar-refractivity contribution in [3.63, 3.8) is 0 Å². The second kappa shape index (κ2) is 8.41. The molecule has 0 aliphatic carbocycles. The highest BCUT2D eigenvalue weighted by atomic mass is 31.2. The molecule has 0 atom stereocenters. The van der Waals surface area contributed by atoms with Crippen LogP contribution in [-0.2, 0) is 13.9 Å². The van der Waals surface area contributed by atoms with Gasteiger partial charge in [-0.3, -0.25) is 18.8 Å². The maximum Gasteiger partial charge on any atom is 0.345 e. The van der Waals surface area contributed by atoms with Gasteiger partial charge in [-0.05, 0) is 25.7 Å². The first-order chi connectivity index (χ1) is 10.8. The maximum atomic E-state index is 12.3. The van der Waals surface area contributed by atoms with Crippen molar-refractivity contribution in [2.45, 2.75) is 70.4 Å². The summed E-state index contributed by atoms with van der Waals surface area (Å²) in [7, 11) is -9.65. The van der Waals surface area contributed by atoms with E-state index < -0.39 is 38.1 Å². The van der Waals surface area contributed by atoms with Gasteiger partial charge in [0, 0.05) is 6.54 Å². The van der Waals surface area contributed by atoms with Crippen LogP contribution in [0.5, 0.6) is 0 Å². The SMILES string of the molecule is CCC(CC)(N(CCC(=O)O)C(CC)(CC)P(=O)(O)O)P(=O)(O)O. The van der Waals surface area contributed by atoms with E-state index in [9.17, 15) is 33.5 Å². The lowest BCUT2D eigenvalue weighted by atomic mass is 10.0. The summed E-state index contributed by atoms with van der Waals surface area (Å²) in [5, 5.41) is 5.30. The minimum atomic E-state index is -4.83. The largest absolute Gasteiger partial charge is 0.481 e. The van der Waals surface area contributed by atoms with Gasteiger partial charge in [0.05, 0.1) is 6.42 Å². The van der Waals surface area contributed by atoms with Crippen LogP contribution in [0, 0.1) is 0 Å². The van der Waals surface area contributed by atoms with Crippen molar-refractivity contribution in [3.05, 3.63) is 0 Å². The third-order valence-electron chi connectivity index (χ3n) is 4.90. The Labute approximate surface area is 142 Å². The average molecular weight is 389 g/mol. The molecule has 0 aromatic carbocycles. The molecule has 0 aromatic rings. The van der Waals surface area contributed by atoms with Gasteiger partial charge in [-0.1, -0.05) is 27.7 Å². The molecule has 0 radical (unpaired) electrons. The molecule has 24 heavy (non-hydrogen) atoms. The van der Waals surface area contributed by atoms with E-state index in [0.29, 0.717) is 0 Å². The van der Waals surface area contributed by atoms with Crippen LogP contribution in [0.15, 0.2) is 0 Å². The van der Waals surface area contributed by atoms with Crippen LogP contribution in [0.25, 0.3) is 0 Å². The van der Waals surface area contributed by atoms with Gasteiger partial charge in [0.2, 0.25) is 0 Å². The number of hydrogen-bond acceptors (Lipinski definition) is 4. The van der Waals surface area contributed by atoms with Gasteiger partial charge in [-0.25, -0.2) is 0 Å². The summed E-state index contributed by atoms with van der Waals surface area (Å²) in [6.45, 7) is 5.71. The Hall–Kier alpha value is -0.270. The third kappa shape index (κ3) is 4.28. The molecule has 144 valence electrons. The molecule has 0 bridgehead atoms. The quantitative estimate of drug-likeness (QED) is 0.334. The van der Waals surface area contributed by atoms with Crippen molar-refractivity contribution in [3.8, 4) is 0 Å². The van der Waals surface area contributed by atoms with E-state index in [0.717, 1.165) is 4.90 Å². The highest BCUT2D eigenvalue weighted by Gasteiger charge is 2.60. The lowest BCUT2D eigenvalue weighted by molar-refractivity contribution is -0.138. The van der Waals surface area contributed by atoms with Crippen LogP contribution in [0.2, 0.25) is 0 Å². The number of aliphatic carboxylic acids is 1. The van der Waals surface area contributed by atoms with Crippen LogP contribution in [-0.4, -0.2) is 52.7 Å². The number of hydrogen-bond donors (Lipinski definition) is 5. The summed E-state index contributed by atoms with van der Waals surface area (Å²) in [6.07, 6.45) is -0.780. The Bertz CT molecular complexity index is 480. The van der Waals surface area contributed by atoms with Gasteiger partial charge in [0.1, 0.15) is 10.6 Å². The van der Waals surface area contributed by atoms with E-state index in [1.165, 1.54) is 27.7 Å². The number of rotatable bonds is 11. The maximum absolute atomic E-state index is 12.3. The van der Waals surface area contributed by atoms with E-state index in [1.807, 2.05) is 0 Å². The Morgan fingerprint density at radius 1 is 0.833 bits per heavy atom. The first kappa shape index (κ1) is 23.7. The molecular formula is C13H29NO8P2. The molecule has 0 heterocycles. The molecule has 5 N–H and O–H groups in total. The van der Waals surface area contributed by atoms with Crippen molar-refractivity contribution in [1.82, 2.24) is 4.90 Å². The normalized spacial score (nSPS) is 14.2. The Kier molecular flexibility index (Phi) is 8.31. The zero-order chi connectivity index (χ0) is 19.4. The second-order valence-electron chi connectivity index (χ2n) is 5.76. The molecular weight excluding hydrogens is 360 g/mol. The second-order valence-corrected chi connectivity index (χ2v) is 9.60. The Morgan fingerprint density at radius 3 is 1.29 bits per heavy atom. The molecule has 0 aliphatic heterocycles. The van der Waals surface area contributed by atoms with Gasteiger partial charge in [-0.2, -0.15) is 0 Å². The fraction of sp³-hybridized carbons (Fsp3) is 0.923. The summed E-state index contributed by atoms with van der Waals surface area (Å²) >= 11 is 0. The predicted octanol–water partition coefficient (Wildman–Crippen LogP) is 2.15. The van der Waals surface area contributed by atoms with Crippen LogP contribution in [0.4, 0.5) is 0 Å². The molecule has 0 fully saturated rings. The summed E-state index contributed by atoms with van der Waals surface area (Å²) in [5.41, 5.74) is 0. The molecule has 0 spiro atoms. The molecule has 0 amide bonds. The number of carboxylic acids is 1. The first-order valence-corrected chi connectivity index (χ1v) is 11.1. The first-order valence-electron chi connectivity index (χ1n) is 7.90. The van der Waals surface area contributed by atoms with Crippen molar-refractivity contribution < 1.29 is 38.6 Å². The Balaban J connectivity index is 6.60. The lowest BCUT2D eigenvalue weighted by Gasteiger charge is -2.53. The van der Waals surface area contributed by atoms with Gasteiger partial charge in [0.25, 0.3) is 0 Å². The van der Waals surface area contributed by atoms with Crippen LogP contribution >= 0.6 is 15.2 Å². The van der Waals surface area contributed by atoms with Crippen LogP contribution in [0.3, 0.4) is 0 Å². The zero-order valence-electron chi connectivity index (χ0n) is 14.5. The summed E-state index contributed by atoms with van der Waals surface area (Å²) in [5.74, 6) is -1.21. The highest BCUT2D eigenvalue weighted by Crippen LogP contribution is 2.65. The van der Waals surface area contributed by atoms with Gasteiger partial charge in [-0.15, -0.1) is 0 Å². The zero-order valence-corrected chi connectivity index (χ0v) is 16.3. The number of carbonyl (C=O) groups is 1. The molecule has 0 unspecified atom stereocenters. The van der Waals surface area contributed by atoms with E-state index in [-0.39, 0.29) is 32.2 Å². The minimum Gasteiger partial charge on any atom is -0.481 e. The van der Waals surface area contributed by atoms with Gasteiger partial charge in [0.15, 0.2) is 0 Å². The standard InChI is InChI=1S/C13H29NO8P2/c1-5-12(6-2,23(17,18)19)14(10-9-11(15)16)13(7-3,8-4)24(20,21)22/h5-10H2,1-4H3,(H,15,16)(H2,17,18,19)(H2,20,21,22). The molecule has 11 heteroatoms. The molecule has 0 saturated heterocycles. The molecule has 0 saturated carbocycles. The molecule has 0 aliphatic rings. The van der Waals surface area contributed by atoms with Crippen molar-refractivity contribution >= 4 is 21.2 Å². The third-order valence-corrected chi connectivity index (χ3v) is 8.82. The lowest BCUT2D eigenvalue weighted by Crippen LogP contribution is -2.60. The molecule has 0 rings (SSSR count). The number of carboxylic acid groups (broad SMARTS) is 1. The van der Waals surface area contributed by atoms with E-state index >= 15 is 0 Å². The fourth-order valence-corrected chi connectivity index (χ4v) is 6.35. The average Bonchev–Trinajstić information content (AvgIpc) is 2.44. The monoisotopic (exact) mass is 389 g/mol. The fourth-order valence-electron chi connectivity index (χ4n) is 3.41. The summed E-state index contributed by atoms with van der Waals surface area (Å²) < 4.78 is 24.5. The Morgan fingerprint density at radius 2 is 1.12 bits per heavy atom. The number of nitrogens with zero attached hydrogens (tertiary/aromatic N) is 1. The van der Waals surface area contributed by atoms with E-state index in [2.05, 4.69) is 0 Å². The summed E-state index contributed by atoms with van der Waals surface area (Å²) in [4.78, 5) is 51.9.